The molecule has 114 valence electrons. The van der Waals surface area contributed by atoms with Gasteiger partial charge in [0.15, 0.2) is 0 Å². The molecule has 22 heavy (non-hydrogen) atoms. The summed E-state index contributed by atoms with van der Waals surface area (Å²) in [5.41, 5.74) is 0.765. The zero-order valence-corrected chi connectivity index (χ0v) is 11.7. The number of nitro benzene ring substituents is 2. The molecule has 0 saturated heterocycles. The molecule has 0 amide bonds. The summed E-state index contributed by atoms with van der Waals surface area (Å²) in [6.45, 7) is 0.148. The number of methoxy groups -OCH3 is 1. The van der Waals surface area contributed by atoms with Gasteiger partial charge in [0.1, 0.15) is 5.75 Å². The Bertz CT molecular complexity index is 717. The van der Waals surface area contributed by atoms with Gasteiger partial charge in [-0.1, -0.05) is 18.2 Å². The van der Waals surface area contributed by atoms with E-state index in [1.165, 1.54) is 31.4 Å². The van der Waals surface area contributed by atoms with Gasteiger partial charge in [0, 0.05) is 30.3 Å². The van der Waals surface area contributed by atoms with Crippen molar-refractivity contribution in [3.63, 3.8) is 0 Å². The van der Waals surface area contributed by atoms with E-state index in [9.17, 15) is 20.2 Å². The summed E-state index contributed by atoms with van der Waals surface area (Å²) >= 11 is 0. The number of benzene rings is 2. The highest BCUT2D eigenvalue weighted by Crippen LogP contribution is 2.30. The van der Waals surface area contributed by atoms with Crippen LogP contribution in [0.25, 0.3) is 0 Å². The first-order chi connectivity index (χ1) is 10.5. The third kappa shape index (κ3) is 3.29. The first-order valence-electron chi connectivity index (χ1n) is 6.31. The zero-order chi connectivity index (χ0) is 16.1. The second-order valence-electron chi connectivity index (χ2n) is 4.38. The van der Waals surface area contributed by atoms with Gasteiger partial charge in [0.25, 0.3) is 11.4 Å². The van der Waals surface area contributed by atoms with Crippen LogP contribution >= 0.6 is 0 Å². The Labute approximate surface area is 125 Å². The van der Waals surface area contributed by atoms with Crippen LogP contribution < -0.4 is 10.1 Å². The monoisotopic (exact) mass is 303 g/mol. The summed E-state index contributed by atoms with van der Waals surface area (Å²) in [7, 11) is 1.44. The molecule has 0 atom stereocenters. The summed E-state index contributed by atoms with van der Waals surface area (Å²) in [4.78, 5) is 20.8. The standard InChI is InChI=1S/C14H13N3O5/c1-22-14-7-6-11(16(18)19)8-12(14)15-9-10-4-2-3-5-13(10)17(20)21/h2-8,15H,9H2,1H3. The van der Waals surface area contributed by atoms with E-state index < -0.39 is 9.85 Å². The fourth-order valence-corrected chi connectivity index (χ4v) is 1.98. The van der Waals surface area contributed by atoms with Gasteiger partial charge in [-0.15, -0.1) is 0 Å². The number of non-ortho nitro benzene ring substituents is 1. The van der Waals surface area contributed by atoms with E-state index in [1.54, 1.807) is 18.2 Å². The molecule has 0 aliphatic heterocycles. The van der Waals surface area contributed by atoms with E-state index in [-0.39, 0.29) is 17.9 Å². The van der Waals surface area contributed by atoms with Crippen LogP contribution in [0.2, 0.25) is 0 Å². The van der Waals surface area contributed by atoms with Gasteiger partial charge < -0.3 is 10.1 Å². The lowest BCUT2D eigenvalue weighted by molar-refractivity contribution is -0.385. The van der Waals surface area contributed by atoms with Crippen molar-refractivity contribution in [1.82, 2.24) is 0 Å². The van der Waals surface area contributed by atoms with Crippen molar-refractivity contribution < 1.29 is 14.6 Å². The Morgan fingerprint density at radius 3 is 2.45 bits per heavy atom. The topological polar surface area (TPSA) is 108 Å². The van der Waals surface area contributed by atoms with Crippen LogP contribution in [0.15, 0.2) is 42.5 Å². The molecule has 0 aliphatic rings. The molecular weight excluding hydrogens is 290 g/mol. The number of nitrogens with zero attached hydrogens (tertiary/aromatic N) is 2. The molecule has 0 saturated carbocycles. The highest BCUT2D eigenvalue weighted by Gasteiger charge is 2.14. The molecule has 2 aromatic carbocycles. The number of para-hydroxylation sites is 1. The lowest BCUT2D eigenvalue weighted by Crippen LogP contribution is -2.04. The van der Waals surface area contributed by atoms with Crippen molar-refractivity contribution in [2.75, 3.05) is 12.4 Å². The van der Waals surface area contributed by atoms with Gasteiger partial charge in [0.05, 0.1) is 22.6 Å². The maximum atomic E-state index is 11.0. The Kier molecular flexibility index (Phi) is 4.52. The maximum Gasteiger partial charge on any atom is 0.274 e. The van der Waals surface area contributed by atoms with E-state index in [1.807, 2.05) is 0 Å². The van der Waals surface area contributed by atoms with Crippen LogP contribution in [0, 0.1) is 20.2 Å². The molecular formula is C14H13N3O5. The third-order valence-corrected chi connectivity index (χ3v) is 3.05. The number of nitro groups is 2. The van der Waals surface area contributed by atoms with Crippen molar-refractivity contribution >= 4 is 17.1 Å². The van der Waals surface area contributed by atoms with E-state index in [0.717, 1.165) is 0 Å². The molecule has 2 rings (SSSR count). The number of ether oxygens (including phenoxy) is 1. The quantitative estimate of drug-likeness (QED) is 0.648. The first-order valence-corrected chi connectivity index (χ1v) is 6.31. The van der Waals surface area contributed by atoms with Gasteiger partial charge in [-0.3, -0.25) is 20.2 Å². The lowest BCUT2D eigenvalue weighted by Gasteiger charge is -2.11. The van der Waals surface area contributed by atoms with Crippen LogP contribution in [0.4, 0.5) is 17.1 Å². The summed E-state index contributed by atoms with van der Waals surface area (Å²) in [6.07, 6.45) is 0. The number of anilines is 1. The number of rotatable bonds is 6. The minimum atomic E-state index is -0.518. The number of hydrogen-bond acceptors (Lipinski definition) is 6. The molecule has 0 unspecified atom stereocenters. The molecule has 0 aromatic heterocycles. The van der Waals surface area contributed by atoms with Crippen LogP contribution in [-0.4, -0.2) is 17.0 Å². The van der Waals surface area contributed by atoms with Crippen molar-refractivity contribution in [2.45, 2.75) is 6.54 Å². The molecule has 0 bridgehead atoms. The Morgan fingerprint density at radius 2 is 1.82 bits per heavy atom. The van der Waals surface area contributed by atoms with E-state index in [2.05, 4.69) is 5.32 Å². The average molecular weight is 303 g/mol. The molecule has 0 fully saturated rings. The van der Waals surface area contributed by atoms with E-state index >= 15 is 0 Å². The smallest absolute Gasteiger partial charge is 0.274 e. The largest absolute Gasteiger partial charge is 0.495 e. The van der Waals surface area contributed by atoms with Gasteiger partial charge in [-0.05, 0) is 6.07 Å². The zero-order valence-electron chi connectivity index (χ0n) is 11.7. The molecule has 0 heterocycles. The molecule has 2 aromatic rings. The predicted octanol–water partition coefficient (Wildman–Crippen LogP) is 3.12. The second-order valence-corrected chi connectivity index (χ2v) is 4.38. The third-order valence-electron chi connectivity index (χ3n) is 3.05. The molecule has 0 aliphatic carbocycles. The highest BCUT2D eigenvalue weighted by atomic mass is 16.6. The van der Waals surface area contributed by atoms with Crippen LogP contribution in [0.1, 0.15) is 5.56 Å². The SMILES string of the molecule is COc1ccc([N+](=O)[O-])cc1NCc1ccccc1[N+](=O)[O-]. The first kappa shape index (κ1) is 15.2. The van der Waals surface area contributed by atoms with Gasteiger partial charge in [-0.25, -0.2) is 0 Å². The highest BCUT2D eigenvalue weighted by molar-refractivity contribution is 5.62. The number of hydrogen-bond donors (Lipinski definition) is 1. The minimum absolute atomic E-state index is 0.0144. The Hall–Kier alpha value is -3.16. The predicted molar refractivity (Wildman–Crippen MR) is 80.1 cm³/mol. The minimum Gasteiger partial charge on any atom is -0.495 e. The van der Waals surface area contributed by atoms with Crippen LogP contribution in [-0.2, 0) is 6.54 Å². The van der Waals surface area contributed by atoms with Crippen LogP contribution in [0.3, 0.4) is 0 Å². The second kappa shape index (κ2) is 6.53. The van der Waals surface area contributed by atoms with Crippen molar-refractivity contribution in [1.29, 1.82) is 0 Å². The molecule has 1 N–H and O–H groups in total. The van der Waals surface area contributed by atoms with Crippen molar-refractivity contribution in [3.8, 4) is 5.75 Å². The van der Waals surface area contributed by atoms with Crippen molar-refractivity contribution in [3.05, 3.63) is 68.3 Å². The Balaban J connectivity index is 2.26. The van der Waals surface area contributed by atoms with E-state index in [4.69, 9.17) is 4.74 Å². The molecule has 8 heteroatoms. The van der Waals surface area contributed by atoms with Crippen LogP contribution in [0.5, 0.6) is 5.75 Å². The van der Waals surface area contributed by atoms with Gasteiger partial charge in [0.2, 0.25) is 0 Å². The van der Waals surface area contributed by atoms with Gasteiger partial charge in [-0.2, -0.15) is 0 Å². The van der Waals surface area contributed by atoms with Gasteiger partial charge >= 0.3 is 0 Å². The molecule has 8 nitrogen and oxygen atoms in total. The summed E-state index contributed by atoms with van der Waals surface area (Å²) in [5.74, 6) is 0.421. The fraction of sp³-hybridized carbons (Fsp3) is 0.143. The summed E-state index contributed by atoms with van der Waals surface area (Å²) in [5, 5.41) is 24.7. The summed E-state index contributed by atoms with van der Waals surface area (Å²) in [6, 6.07) is 10.4. The summed E-state index contributed by atoms with van der Waals surface area (Å²) < 4.78 is 5.13. The fourth-order valence-electron chi connectivity index (χ4n) is 1.98. The van der Waals surface area contributed by atoms with E-state index in [0.29, 0.717) is 17.0 Å². The Morgan fingerprint density at radius 1 is 1.09 bits per heavy atom. The molecule has 0 radical (unpaired) electrons. The lowest BCUT2D eigenvalue weighted by atomic mass is 10.1. The number of nitrogens with one attached hydrogen (secondary N) is 1. The molecule has 0 spiro atoms. The normalized spacial score (nSPS) is 10.0. The van der Waals surface area contributed by atoms with Crippen molar-refractivity contribution in [2.24, 2.45) is 0 Å². The average Bonchev–Trinajstić information content (AvgIpc) is 2.52. The maximum absolute atomic E-state index is 11.0.